The second-order valence-corrected chi connectivity index (χ2v) is 8.50. The van der Waals surface area contributed by atoms with Gasteiger partial charge in [0.1, 0.15) is 27.5 Å². The van der Waals surface area contributed by atoms with Crippen LogP contribution in [-0.2, 0) is 0 Å². The van der Waals surface area contributed by atoms with Crippen molar-refractivity contribution in [3.05, 3.63) is 47.4 Å². The molecule has 0 aliphatic carbocycles. The number of hydrogen-bond acceptors (Lipinski definition) is 7. The van der Waals surface area contributed by atoms with Crippen LogP contribution in [0, 0.1) is 11.6 Å². The van der Waals surface area contributed by atoms with Crippen LogP contribution in [0.5, 0.6) is 0 Å². The molecule has 0 bridgehead atoms. The van der Waals surface area contributed by atoms with Crippen LogP contribution in [0.2, 0.25) is 0 Å². The number of amides is 1. The van der Waals surface area contributed by atoms with E-state index >= 15 is 0 Å². The third kappa shape index (κ3) is 5.60. The summed E-state index contributed by atoms with van der Waals surface area (Å²) in [5, 5.41) is 2.41. The number of nitrogens with zero attached hydrogens (tertiary/aromatic N) is 3. The molecule has 2 heterocycles. The van der Waals surface area contributed by atoms with Crippen molar-refractivity contribution in [2.45, 2.75) is 24.8 Å². The number of likely N-dealkylation sites (tertiary alicyclic amines) is 1. The minimum absolute atomic E-state index is 0.00143. The number of nitrogens with two attached hydrogens (primary N) is 3. The number of thiazole rings is 1. The predicted octanol–water partition coefficient (Wildman–Crippen LogP) is 2.29. The van der Waals surface area contributed by atoms with Crippen molar-refractivity contribution in [2.75, 3.05) is 25.9 Å². The van der Waals surface area contributed by atoms with Gasteiger partial charge in [0.25, 0.3) is 11.8 Å². The summed E-state index contributed by atoms with van der Waals surface area (Å²) in [5.41, 5.74) is 16.8. The van der Waals surface area contributed by atoms with Gasteiger partial charge in [0.15, 0.2) is 5.69 Å². The van der Waals surface area contributed by atoms with Crippen molar-refractivity contribution in [3.63, 3.8) is 0 Å². The molecule has 7 N–H and O–H groups in total. The van der Waals surface area contributed by atoms with Gasteiger partial charge in [0, 0.05) is 37.8 Å². The van der Waals surface area contributed by atoms with Gasteiger partial charge in [0.05, 0.1) is 12.2 Å². The Morgan fingerprint density at radius 2 is 2.12 bits per heavy atom. The monoisotopic (exact) mass is 485 g/mol. The number of benzene rings is 1. The summed E-state index contributed by atoms with van der Waals surface area (Å²) in [5.74, 6) is -5.26. The first-order chi connectivity index (χ1) is 15.5. The number of rotatable bonds is 4. The quantitative estimate of drug-likeness (QED) is 0.298. The maximum absolute atomic E-state index is 14.2. The number of carbonyl (C=O) groups is 1. The molecule has 0 saturated carbocycles. The van der Waals surface area contributed by atoms with Crippen LogP contribution in [0.4, 0.5) is 22.6 Å². The molecule has 1 aliphatic heterocycles. The highest BCUT2D eigenvalue weighted by Gasteiger charge is 2.38. The second-order valence-electron chi connectivity index (χ2n) is 7.47. The fourth-order valence-electron chi connectivity index (χ4n) is 3.47. The van der Waals surface area contributed by atoms with Crippen molar-refractivity contribution in [1.82, 2.24) is 15.2 Å². The Labute approximate surface area is 191 Å². The predicted molar refractivity (Wildman–Crippen MR) is 119 cm³/mol. The lowest BCUT2D eigenvalue weighted by Crippen LogP contribution is -2.44. The standard InChI is InChI=1S/C20H23F4N7OS/c1-28-17(31-5-4-11(26)7-20(23,24)9-31)14(8-25)29-18(32)15-16(27)33-19(30-15)12-6-10(21)2-3-13(12)22/h2-3,6,8,11H,4-5,7,9,25-27H2,1H3,(H,29,32)/b14-8+,28-17?. The van der Waals surface area contributed by atoms with Crippen LogP contribution in [0.15, 0.2) is 35.1 Å². The van der Waals surface area contributed by atoms with Gasteiger partial charge in [0.2, 0.25) is 0 Å². The maximum Gasteiger partial charge on any atom is 0.277 e. The molecule has 1 atom stereocenters. The van der Waals surface area contributed by atoms with Gasteiger partial charge in [-0.25, -0.2) is 22.5 Å². The average molecular weight is 486 g/mol. The Kier molecular flexibility index (Phi) is 7.22. The van der Waals surface area contributed by atoms with E-state index in [2.05, 4.69) is 15.3 Å². The highest BCUT2D eigenvalue weighted by atomic mass is 32.1. The maximum atomic E-state index is 14.2. The van der Waals surface area contributed by atoms with Crippen LogP contribution < -0.4 is 22.5 Å². The van der Waals surface area contributed by atoms with Crippen molar-refractivity contribution < 1.29 is 22.4 Å². The number of alkyl halides is 2. The van der Waals surface area contributed by atoms with Crippen molar-refractivity contribution in [2.24, 2.45) is 16.5 Å². The molecule has 8 nitrogen and oxygen atoms in total. The number of anilines is 1. The summed E-state index contributed by atoms with van der Waals surface area (Å²) in [6.45, 7) is -0.471. The molecule has 1 aromatic carbocycles. The zero-order chi connectivity index (χ0) is 24.3. The minimum Gasteiger partial charge on any atom is -0.403 e. The van der Waals surface area contributed by atoms with Crippen LogP contribution in [-0.4, -0.2) is 53.7 Å². The Bertz CT molecular complexity index is 1100. The number of halogens is 4. The smallest absolute Gasteiger partial charge is 0.277 e. The normalized spacial score (nSPS) is 19.3. The van der Waals surface area contributed by atoms with Crippen LogP contribution in [0.1, 0.15) is 23.3 Å². The molecule has 1 aromatic heterocycles. The summed E-state index contributed by atoms with van der Waals surface area (Å²) >= 11 is 0.793. The number of nitrogens with one attached hydrogen (secondary N) is 1. The first-order valence-corrected chi connectivity index (χ1v) is 10.7. The number of aliphatic imine (C=N–C) groups is 1. The van der Waals surface area contributed by atoms with E-state index in [4.69, 9.17) is 17.2 Å². The number of amidine groups is 1. The lowest BCUT2D eigenvalue weighted by Gasteiger charge is -2.28. The molecule has 1 aliphatic rings. The first kappa shape index (κ1) is 24.5. The largest absolute Gasteiger partial charge is 0.403 e. The van der Waals surface area contributed by atoms with E-state index < -0.39 is 42.5 Å². The Hall–Kier alpha value is -3.19. The Morgan fingerprint density at radius 1 is 1.39 bits per heavy atom. The highest BCUT2D eigenvalue weighted by molar-refractivity contribution is 7.19. The van der Waals surface area contributed by atoms with Gasteiger partial charge in [-0.15, -0.1) is 0 Å². The van der Waals surface area contributed by atoms with E-state index in [1.54, 1.807) is 0 Å². The summed E-state index contributed by atoms with van der Waals surface area (Å²) in [6, 6.07) is 2.14. The molecule has 3 rings (SSSR count). The molecular formula is C20H23F4N7OS. The zero-order valence-corrected chi connectivity index (χ0v) is 18.4. The van der Waals surface area contributed by atoms with E-state index in [-0.39, 0.29) is 39.3 Å². The molecule has 1 saturated heterocycles. The van der Waals surface area contributed by atoms with Crippen molar-refractivity contribution >= 4 is 28.1 Å². The lowest BCUT2D eigenvalue weighted by molar-refractivity contribution is -0.0203. The Balaban J connectivity index is 1.84. The molecule has 1 amide bonds. The number of hydrogen-bond donors (Lipinski definition) is 4. The van der Waals surface area contributed by atoms with Crippen molar-refractivity contribution in [1.29, 1.82) is 0 Å². The van der Waals surface area contributed by atoms with E-state index in [1.165, 1.54) is 11.9 Å². The summed E-state index contributed by atoms with van der Waals surface area (Å²) < 4.78 is 56.1. The molecule has 33 heavy (non-hydrogen) atoms. The fourth-order valence-corrected chi connectivity index (χ4v) is 4.31. The van der Waals surface area contributed by atoms with E-state index in [1.807, 2.05) is 0 Å². The topological polar surface area (TPSA) is 136 Å². The van der Waals surface area contributed by atoms with Crippen LogP contribution in [0.3, 0.4) is 0 Å². The molecule has 1 unspecified atom stereocenters. The molecule has 2 aromatic rings. The molecule has 0 spiro atoms. The van der Waals surface area contributed by atoms with E-state index in [0.29, 0.717) is 6.42 Å². The first-order valence-electron chi connectivity index (χ1n) is 9.85. The molecule has 1 fully saturated rings. The SMILES string of the molecule is CN=C(/C(=C\N)NC(=O)c1nc(-c2cc(F)ccc2F)sc1N)N1CCC(N)CC(F)(F)C1. The lowest BCUT2D eigenvalue weighted by atomic mass is 10.1. The van der Waals surface area contributed by atoms with Gasteiger partial charge < -0.3 is 27.4 Å². The third-order valence-corrected chi connectivity index (χ3v) is 5.87. The van der Waals surface area contributed by atoms with Gasteiger partial charge in [-0.05, 0) is 24.6 Å². The van der Waals surface area contributed by atoms with Gasteiger partial charge in [-0.2, -0.15) is 0 Å². The number of aromatic nitrogens is 1. The number of carbonyl (C=O) groups excluding carboxylic acids is 1. The minimum atomic E-state index is -3.06. The molecule has 13 heteroatoms. The fraction of sp³-hybridized carbons (Fsp3) is 0.350. The molecule has 178 valence electrons. The second kappa shape index (κ2) is 9.75. The van der Waals surface area contributed by atoms with Gasteiger partial charge in [-0.3, -0.25) is 9.79 Å². The highest BCUT2D eigenvalue weighted by Crippen LogP contribution is 2.32. The molecular weight excluding hydrogens is 462 g/mol. The van der Waals surface area contributed by atoms with Gasteiger partial charge >= 0.3 is 0 Å². The summed E-state index contributed by atoms with van der Waals surface area (Å²) in [6.07, 6.45) is 0.838. The van der Waals surface area contributed by atoms with E-state index in [0.717, 1.165) is 35.7 Å². The van der Waals surface area contributed by atoms with E-state index in [9.17, 15) is 22.4 Å². The molecule has 0 radical (unpaired) electrons. The van der Waals surface area contributed by atoms with Crippen LogP contribution >= 0.6 is 11.3 Å². The number of nitrogen functional groups attached to an aromatic ring is 1. The summed E-state index contributed by atoms with van der Waals surface area (Å²) in [4.78, 5) is 22.2. The zero-order valence-electron chi connectivity index (χ0n) is 17.6. The summed E-state index contributed by atoms with van der Waals surface area (Å²) in [7, 11) is 1.37. The average Bonchev–Trinajstić information content (AvgIpc) is 3.07. The third-order valence-electron chi connectivity index (χ3n) is 4.95. The van der Waals surface area contributed by atoms with Crippen LogP contribution in [0.25, 0.3) is 10.6 Å². The Morgan fingerprint density at radius 3 is 2.79 bits per heavy atom. The van der Waals surface area contributed by atoms with Gasteiger partial charge in [-0.1, -0.05) is 11.3 Å². The van der Waals surface area contributed by atoms with Crippen molar-refractivity contribution in [3.8, 4) is 10.6 Å².